The Labute approximate surface area is 149 Å². The minimum absolute atomic E-state index is 0.0732. The molecule has 0 saturated heterocycles. The number of aryl methyl sites for hydroxylation is 1. The highest BCUT2D eigenvalue weighted by atomic mass is 35.5. The van der Waals surface area contributed by atoms with Crippen molar-refractivity contribution in [3.63, 3.8) is 0 Å². The van der Waals surface area contributed by atoms with Crippen LogP contribution in [-0.2, 0) is 11.0 Å². The first kappa shape index (κ1) is 19.2. The van der Waals surface area contributed by atoms with Gasteiger partial charge in [0.05, 0.1) is 22.3 Å². The summed E-state index contributed by atoms with van der Waals surface area (Å²) in [7, 11) is -1.69. The van der Waals surface area contributed by atoms with Crippen molar-refractivity contribution in [3.8, 4) is 0 Å². The number of aromatic nitrogens is 2. The molecule has 0 radical (unpaired) electrons. The van der Waals surface area contributed by atoms with Crippen molar-refractivity contribution < 1.29 is 4.43 Å². The molecule has 1 aromatic heterocycles. The second-order valence-electron chi connectivity index (χ2n) is 7.69. The highest BCUT2D eigenvalue weighted by molar-refractivity contribution is 6.74. The molecule has 0 aliphatic rings. The second-order valence-corrected chi connectivity index (χ2v) is 12.9. The second kappa shape index (κ2) is 7.38. The van der Waals surface area contributed by atoms with Gasteiger partial charge in [-0.2, -0.15) is 0 Å². The zero-order valence-electron chi connectivity index (χ0n) is 15.2. The summed E-state index contributed by atoms with van der Waals surface area (Å²) in [6, 6.07) is 5.34. The molecule has 0 unspecified atom stereocenters. The predicted molar refractivity (Wildman–Crippen MR) is 103 cm³/mol. The molecule has 6 heteroatoms. The molecule has 1 aromatic carbocycles. The highest BCUT2D eigenvalue weighted by Crippen LogP contribution is 2.36. The molecule has 0 saturated carbocycles. The number of halogens is 1. The van der Waals surface area contributed by atoms with Crippen LogP contribution in [0.3, 0.4) is 0 Å². The summed E-state index contributed by atoms with van der Waals surface area (Å²) in [6.07, 6.45) is 3.42. The Hall–Kier alpha value is -1.17. The maximum absolute atomic E-state index is 12.5. The van der Waals surface area contributed by atoms with Gasteiger partial charge in [0, 0.05) is 13.2 Å². The lowest BCUT2D eigenvalue weighted by Gasteiger charge is -2.36. The van der Waals surface area contributed by atoms with Crippen LogP contribution in [0.5, 0.6) is 0 Å². The molecule has 0 aliphatic heterocycles. The van der Waals surface area contributed by atoms with E-state index in [2.05, 4.69) is 38.8 Å². The molecule has 0 N–H and O–H groups in total. The molecule has 132 valence electrons. The van der Waals surface area contributed by atoms with Crippen LogP contribution < -0.4 is 5.56 Å². The van der Waals surface area contributed by atoms with Gasteiger partial charge in [0.1, 0.15) is 0 Å². The number of hydrogen-bond donors (Lipinski definition) is 0. The summed E-state index contributed by atoms with van der Waals surface area (Å²) < 4.78 is 7.81. The van der Waals surface area contributed by atoms with Crippen molar-refractivity contribution in [1.29, 1.82) is 0 Å². The minimum Gasteiger partial charge on any atom is -0.417 e. The van der Waals surface area contributed by atoms with Crippen molar-refractivity contribution >= 4 is 30.8 Å². The summed E-state index contributed by atoms with van der Waals surface area (Å²) in [6.45, 7) is 12.6. The maximum atomic E-state index is 12.5. The fourth-order valence-corrected chi connectivity index (χ4v) is 3.59. The van der Waals surface area contributed by atoms with Gasteiger partial charge in [0.2, 0.25) is 0 Å². The molecular formula is C18H27ClN2O2Si. The molecular weight excluding hydrogens is 340 g/mol. The van der Waals surface area contributed by atoms with E-state index in [1.54, 1.807) is 29.1 Å². The number of hydrogen-bond acceptors (Lipinski definition) is 3. The van der Waals surface area contributed by atoms with Crippen LogP contribution in [0.2, 0.25) is 23.2 Å². The summed E-state index contributed by atoms with van der Waals surface area (Å²) in [5.74, 6) is 0. The molecule has 0 fully saturated rings. The molecule has 1 heterocycles. The number of fused-ring (bicyclic) bond motifs is 1. The largest absolute Gasteiger partial charge is 0.417 e. The molecule has 2 rings (SSSR count). The topological polar surface area (TPSA) is 44.1 Å². The fraction of sp³-hybridized carbons (Fsp3) is 0.556. The lowest BCUT2D eigenvalue weighted by molar-refractivity contribution is 0.276. The zero-order chi connectivity index (χ0) is 18.0. The van der Waals surface area contributed by atoms with Gasteiger partial charge in [-0.15, -0.1) is 0 Å². The van der Waals surface area contributed by atoms with Crippen LogP contribution in [-0.4, -0.2) is 24.5 Å². The number of benzene rings is 1. The molecule has 24 heavy (non-hydrogen) atoms. The predicted octanol–water partition coefficient (Wildman–Crippen LogP) is 4.85. The fourth-order valence-electron chi connectivity index (χ4n) is 2.25. The lowest BCUT2D eigenvalue weighted by Crippen LogP contribution is -2.41. The monoisotopic (exact) mass is 366 g/mol. The van der Waals surface area contributed by atoms with Crippen molar-refractivity contribution in [3.05, 3.63) is 39.9 Å². The summed E-state index contributed by atoms with van der Waals surface area (Å²) >= 11 is 6.14. The SMILES string of the molecule is CC(C)(C)[Si](C)(C)OCCCCn1cnc2cccc(Cl)c2c1=O. The van der Waals surface area contributed by atoms with E-state index in [0.29, 0.717) is 22.5 Å². The van der Waals surface area contributed by atoms with E-state index >= 15 is 0 Å². The van der Waals surface area contributed by atoms with Gasteiger partial charge < -0.3 is 4.43 Å². The van der Waals surface area contributed by atoms with Gasteiger partial charge >= 0.3 is 0 Å². The third kappa shape index (κ3) is 4.26. The number of rotatable bonds is 6. The van der Waals surface area contributed by atoms with Gasteiger partial charge in [0.15, 0.2) is 8.32 Å². The molecule has 2 aromatic rings. The summed E-state index contributed by atoms with van der Waals surface area (Å²) in [4.78, 5) is 16.8. The molecule has 0 amide bonds. The van der Waals surface area contributed by atoms with Crippen molar-refractivity contribution in [1.82, 2.24) is 9.55 Å². The Bertz CT molecular complexity index is 766. The van der Waals surface area contributed by atoms with Crippen LogP contribution in [0, 0.1) is 0 Å². The Morgan fingerprint density at radius 1 is 1.25 bits per heavy atom. The highest BCUT2D eigenvalue weighted by Gasteiger charge is 2.36. The molecule has 0 aliphatic carbocycles. The van der Waals surface area contributed by atoms with Crippen molar-refractivity contribution in [2.24, 2.45) is 0 Å². The summed E-state index contributed by atoms with van der Waals surface area (Å²) in [5, 5.41) is 1.18. The lowest BCUT2D eigenvalue weighted by atomic mass is 10.2. The van der Waals surface area contributed by atoms with E-state index in [4.69, 9.17) is 16.0 Å². The third-order valence-corrected chi connectivity index (χ3v) is 9.72. The van der Waals surface area contributed by atoms with Crippen LogP contribution in [0.15, 0.2) is 29.3 Å². The van der Waals surface area contributed by atoms with Gasteiger partial charge in [0.25, 0.3) is 5.56 Å². The van der Waals surface area contributed by atoms with E-state index in [1.807, 2.05) is 0 Å². The minimum atomic E-state index is -1.69. The summed E-state index contributed by atoms with van der Waals surface area (Å²) in [5.41, 5.74) is 0.570. The van der Waals surface area contributed by atoms with Crippen molar-refractivity contribution in [2.45, 2.75) is 58.3 Å². The van der Waals surface area contributed by atoms with Gasteiger partial charge in [-0.05, 0) is 43.1 Å². The van der Waals surface area contributed by atoms with Crippen LogP contribution >= 0.6 is 11.6 Å². The van der Waals surface area contributed by atoms with E-state index in [9.17, 15) is 4.79 Å². The van der Waals surface area contributed by atoms with Crippen LogP contribution in [0.1, 0.15) is 33.6 Å². The average Bonchev–Trinajstić information content (AvgIpc) is 2.48. The zero-order valence-corrected chi connectivity index (χ0v) is 17.0. The Morgan fingerprint density at radius 3 is 2.62 bits per heavy atom. The number of unbranched alkanes of at least 4 members (excludes halogenated alkanes) is 1. The van der Waals surface area contributed by atoms with Crippen LogP contribution in [0.4, 0.5) is 0 Å². The first-order chi connectivity index (χ1) is 11.1. The van der Waals surface area contributed by atoms with E-state index in [-0.39, 0.29) is 10.6 Å². The molecule has 4 nitrogen and oxygen atoms in total. The standard InChI is InChI=1S/C18H27ClN2O2Si/c1-18(2,3)24(4,5)23-12-7-6-11-21-13-20-15-10-8-9-14(19)16(15)17(21)22/h8-10,13H,6-7,11-12H2,1-5H3. The number of nitrogens with zero attached hydrogens (tertiary/aromatic N) is 2. The van der Waals surface area contributed by atoms with Gasteiger partial charge in [-0.3, -0.25) is 9.36 Å². The van der Waals surface area contributed by atoms with E-state index in [1.165, 1.54) is 0 Å². The first-order valence-corrected chi connectivity index (χ1v) is 11.7. The Balaban J connectivity index is 1.94. The van der Waals surface area contributed by atoms with E-state index in [0.717, 1.165) is 19.4 Å². The smallest absolute Gasteiger partial charge is 0.262 e. The first-order valence-electron chi connectivity index (χ1n) is 8.41. The average molecular weight is 367 g/mol. The normalized spacial score (nSPS) is 12.8. The quantitative estimate of drug-likeness (QED) is 0.542. The van der Waals surface area contributed by atoms with Crippen molar-refractivity contribution in [2.75, 3.05) is 6.61 Å². The Kier molecular flexibility index (Phi) is 5.89. The Morgan fingerprint density at radius 2 is 1.96 bits per heavy atom. The molecule has 0 atom stereocenters. The van der Waals surface area contributed by atoms with Gasteiger partial charge in [-0.25, -0.2) is 4.98 Å². The van der Waals surface area contributed by atoms with Crippen LogP contribution in [0.25, 0.3) is 10.9 Å². The van der Waals surface area contributed by atoms with Gasteiger partial charge in [-0.1, -0.05) is 38.4 Å². The van der Waals surface area contributed by atoms with E-state index < -0.39 is 8.32 Å². The maximum Gasteiger partial charge on any atom is 0.262 e. The third-order valence-electron chi connectivity index (χ3n) is 4.86. The molecule has 0 bridgehead atoms. The molecule has 0 spiro atoms.